The first-order valence-corrected chi connectivity index (χ1v) is 7.48. The minimum atomic E-state index is 0.0918. The summed E-state index contributed by atoms with van der Waals surface area (Å²) in [5, 5.41) is 3.28. The van der Waals surface area contributed by atoms with Crippen LogP contribution in [0.25, 0.3) is 0 Å². The van der Waals surface area contributed by atoms with Crippen LogP contribution in [0.4, 0.5) is 5.69 Å². The molecule has 112 valence electrons. The molecule has 20 heavy (non-hydrogen) atoms. The van der Waals surface area contributed by atoms with E-state index < -0.39 is 0 Å². The highest BCUT2D eigenvalue weighted by atomic mass is 16.2. The third-order valence-electron chi connectivity index (χ3n) is 3.57. The molecule has 3 nitrogen and oxygen atoms in total. The molecule has 0 fully saturated rings. The maximum Gasteiger partial charge on any atom is 0.255 e. The molecule has 0 aliphatic rings. The van der Waals surface area contributed by atoms with Crippen LogP contribution in [0.2, 0.25) is 0 Å². The van der Waals surface area contributed by atoms with Crippen molar-refractivity contribution in [2.75, 3.05) is 18.9 Å². The Morgan fingerprint density at radius 1 is 1.30 bits per heavy atom. The SMILES string of the molecule is CCNc1cc(C)ccc1C(=O)N(C)C(C)CC(C)C. The first-order valence-electron chi connectivity index (χ1n) is 7.48. The number of benzene rings is 1. The molecule has 0 spiro atoms. The molecule has 0 aliphatic heterocycles. The van der Waals surface area contributed by atoms with Crippen LogP contribution in [-0.2, 0) is 0 Å². The van der Waals surface area contributed by atoms with Crippen molar-refractivity contribution in [3.05, 3.63) is 29.3 Å². The van der Waals surface area contributed by atoms with Gasteiger partial charge in [-0.15, -0.1) is 0 Å². The molecule has 0 aliphatic carbocycles. The summed E-state index contributed by atoms with van der Waals surface area (Å²) in [5.74, 6) is 0.681. The molecule has 0 aromatic heterocycles. The molecule has 1 aromatic rings. The second kappa shape index (κ2) is 7.32. The van der Waals surface area contributed by atoms with Gasteiger partial charge in [0, 0.05) is 25.3 Å². The van der Waals surface area contributed by atoms with Gasteiger partial charge in [0.1, 0.15) is 0 Å². The summed E-state index contributed by atoms with van der Waals surface area (Å²) < 4.78 is 0. The van der Waals surface area contributed by atoms with E-state index in [0.717, 1.165) is 29.8 Å². The number of carbonyl (C=O) groups is 1. The van der Waals surface area contributed by atoms with E-state index in [1.165, 1.54) is 0 Å². The molecule has 1 amide bonds. The van der Waals surface area contributed by atoms with Gasteiger partial charge in [-0.2, -0.15) is 0 Å². The van der Waals surface area contributed by atoms with E-state index in [0.29, 0.717) is 5.92 Å². The molecule has 0 bridgehead atoms. The average Bonchev–Trinajstić information content (AvgIpc) is 2.37. The number of hydrogen-bond donors (Lipinski definition) is 1. The van der Waals surface area contributed by atoms with Gasteiger partial charge < -0.3 is 10.2 Å². The molecule has 0 saturated carbocycles. The van der Waals surface area contributed by atoms with E-state index in [1.807, 2.05) is 44.0 Å². The number of nitrogens with zero attached hydrogens (tertiary/aromatic N) is 1. The Hall–Kier alpha value is -1.51. The molecule has 3 heteroatoms. The normalized spacial score (nSPS) is 12.3. The lowest BCUT2D eigenvalue weighted by Crippen LogP contribution is -2.36. The Morgan fingerprint density at radius 2 is 1.95 bits per heavy atom. The lowest BCUT2D eigenvalue weighted by molar-refractivity contribution is 0.0729. The number of nitrogens with one attached hydrogen (secondary N) is 1. The second-order valence-electron chi connectivity index (χ2n) is 5.97. The van der Waals surface area contributed by atoms with E-state index in [9.17, 15) is 4.79 Å². The monoisotopic (exact) mass is 276 g/mol. The van der Waals surface area contributed by atoms with Gasteiger partial charge in [0.15, 0.2) is 0 Å². The first kappa shape index (κ1) is 16.5. The summed E-state index contributed by atoms with van der Waals surface area (Å²) in [6, 6.07) is 6.21. The maximum absolute atomic E-state index is 12.7. The molecule has 1 rings (SSSR count). The van der Waals surface area contributed by atoms with Crippen molar-refractivity contribution in [3.8, 4) is 0 Å². The molecule has 0 heterocycles. The summed E-state index contributed by atoms with van der Waals surface area (Å²) in [6.45, 7) is 11.4. The van der Waals surface area contributed by atoms with Gasteiger partial charge in [0.05, 0.1) is 5.56 Å². The number of carbonyl (C=O) groups excluding carboxylic acids is 1. The molecule has 1 aromatic carbocycles. The van der Waals surface area contributed by atoms with Crippen LogP contribution in [-0.4, -0.2) is 30.4 Å². The molecular formula is C17H28N2O. The fraction of sp³-hybridized carbons (Fsp3) is 0.588. The number of amides is 1. The Bertz CT molecular complexity index is 454. The molecular weight excluding hydrogens is 248 g/mol. The maximum atomic E-state index is 12.7. The van der Waals surface area contributed by atoms with Crippen LogP contribution >= 0.6 is 0 Å². The zero-order valence-corrected chi connectivity index (χ0v) is 13.7. The molecule has 1 N–H and O–H groups in total. The van der Waals surface area contributed by atoms with Gasteiger partial charge in [-0.1, -0.05) is 19.9 Å². The Kier molecular flexibility index (Phi) is 6.05. The van der Waals surface area contributed by atoms with E-state index in [-0.39, 0.29) is 11.9 Å². The van der Waals surface area contributed by atoms with Crippen molar-refractivity contribution in [2.24, 2.45) is 5.92 Å². The third kappa shape index (κ3) is 4.26. The van der Waals surface area contributed by atoms with E-state index >= 15 is 0 Å². The van der Waals surface area contributed by atoms with Gasteiger partial charge in [-0.25, -0.2) is 0 Å². The predicted molar refractivity (Wildman–Crippen MR) is 86.4 cm³/mol. The Balaban J connectivity index is 2.96. The largest absolute Gasteiger partial charge is 0.385 e. The van der Waals surface area contributed by atoms with E-state index in [2.05, 4.69) is 26.1 Å². The van der Waals surface area contributed by atoms with Gasteiger partial charge in [-0.3, -0.25) is 4.79 Å². The van der Waals surface area contributed by atoms with Crippen molar-refractivity contribution >= 4 is 11.6 Å². The minimum absolute atomic E-state index is 0.0918. The third-order valence-corrected chi connectivity index (χ3v) is 3.57. The summed E-state index contributed by atoms with van der Waals surface area (Å²) in [4.78, 5) is 14.5. The van der Waals surface area contributed by atoms with E-state index in [4.69, 9.17) is 0 Å². The first-order chi connectivity index (χ1) is 9.36. The molecule has 1 unspecified atom stereocenters. The van der Waals surface area contributed by atoms with Gasteiger partial charge in [0.25, 0.3) is 5.91 Å². The molecule has 1 atom stereocenters. The average molecular weight is 276 g/mol. The summed E-state index contributed by atoms with van der Waals surface area (Å²) in [6.07, 6.45) is 1.02. The van der Waals surface area contributed by atoms with Crippen LogP contribution in [0.5, 0.6) is 0 Å². The van der Waals surface area contributed by atoms with Crippen molar-refractivity contribution in [3.63, 3.8) is 0 Å². The summed E-state index contributed by atoms with van der Waals surface area (Å²) >= 11 is 0. The van der Waals surface area contributed by atoms with Gasteiger partial charge in [0.2, 0.25) is 0 Å². The van der Waals surface area contributed by atoms with Crippen LogP contribution < -0.4 is 5.32 Å². The minimum Gasteiger partial charge on any atom is -0.385 e. The lowest BCUT2D eigenvalue weighted by Gasteiger charge is -2.27. The molecule has 0 saturated heterocycles. The van der Waals surface area contributed by atoms with Crippen LogP contribution in [0.15, 0.2) is 18.2 Å². The van der Waals surface area contributed by atoms with Crippen LogP contribution in [0.3, 0.4) is 0 Å². The predicted octanol–water partition coefficient (Wildman–Crippen LogP) is 3.93. The van der Waals surface area contributed by atoms with Crippen molar-refractivity contribution < 1.29 is 4.79 Å². The van der Waals surface area contributed by atoms with Crippen molar-refractivity contribution in [2.45, 2.75) is 47.1 Å². The zero-order valence-electron chi connectivity index (χ0n) is 13.7. The lowest BCUT2D eigenvalue weighted by atomic mass is 10.0. The smallest absolute Gasteiger partial charge is 0.255 e. The fourth-order valence-corrected chi connectivity index (χ4v) is 2.41. The fourth-order valence-electron chi connectivity index (χ4n) is 2.41. The zero-order chi connectivity index (χ0) is 15.3. The highest BCUT2D eigenvalue weighted by molar-refractivity contribution is 5.99. The second-order valence-corrected chi connectivity index (χ2v) is 5.97. The quantitative estimate of drug-likeness (QED) is 0.853. The highest BCUT2D eigenvalue weighted by Gasteiger charge is 2.20. The topological polar surface area (TPSA) is 32.3 Å². The number of anilines is 1. The summed E-state index contributed by atoms with van der Waals surface area (Å²) in [5.41, 5.74) is 2.85. The highest BCUT2D eigenvalue weighted by Crippen LogP contribution is 2.21. The number of aryl methyl sites for hydroxylation is 1. The number of hydrogen-bond acceptors (Lipinski definition) is 2. The Labute approximate surface area is 123 Å². The summed E-state index contributed by atoms with van der Waals surface area (Å²) in [7, 11) is 1.89. The molecule has 0 radical (unpaired) electrons. The van der Waals surface area contributed by atoms with E-state index in [1.54, 1.807) is 0 Å². The van der Waals surface area contributed by atoms with Crippen LogP contribution in [0, 0.1) is 12.8 Å². The Morgan fingerprint density at radius 3 is 2.50 bits per heavy atom. The van der Waals surface area contributed by atoms with Crippen LogP contribution in [0.1, 0.15) is 50.0 Å². The van der Waals surface area contributed by atoms with Gasteiger partial charge in [-0.05, 0) is 50.8 Å². The van der Waals surface area contributed by atoms with Crippen molar-refractivity contribution in [1.29, 1.82) is 0 Å². The standard InChI is InChI=1S/C17H28N2O/c1-7-18-16-11-13(4)8-9-15(16)17(20)19(6)14(5)10-12(2)3/h8-9,11-12,14,18H,7,10H2,1-6H3. The van der Waals surface area contributed by atoms with Gasteiger partial charge >= 0.3 is 0 Å². The van der Waals surface area contributed by atoms with Crippen molar-refractivity contribution in [1.82, 2.24) is 4.90 Å². The number of rotatable bonds is 6.